The van der Waals surface area contributed by atoms with Gasteiger partial charge in [0.2, 0.25) is 0 Å². The fourth-order valence-electron chi connectivity index (χ4n) is 0.762. The maximum Gasteiger partial charge on any atom is 1.00 e. The first-order valence-corrected chi connectivity index (χ1v) is 5.11. The van der Waals surface area contributed by atoms with Gasteiger partial charge < -0.3 is 1.43 Å². The van der Waals surface area contributed by atoms with E-state index < -0.39 is 10.0 Å². The van der Waals surface area contributed by atoms with E-state index in [1.54, 1.807) is 16.4 Å². The number of nitrogens with one attached hydrogen (secondary N) is 1. The minimum Gasteiger partial charge on any atom is -1.00 e. The molecule has 1 aromatic carbocycles. The Bertz CT molecular complexity index is 368. The van der Waals surface area contributed by atoms with E-state index in [0.717, 1.165) is 5.56 Å². The van der Waals surface area contributed by atoms with E-state index in [-0.39, 0.29) is 57.7 Å². The zero-order valence-corrected chi connectivity index (χ0v) is 12.1. The Hall–Kier alpha value is 1.06. The van der Waals surface area contributed by atoms with Crippen molar-refractivity contribution < 1.29 is 61.2 Å². The third kappa shape index (κ3) is 3.97. The predicted octanol–water partition coefficient (Wildman–Crippen LogP) is -1.46. The van der Waals surface area contributed by atoms with Crippen molar-refractivity contribution in [3.63, 3.8) is 0 Å². The van der Waals surface area contributed by atoms with Gasteiger partial charge in [0.15, 0.2) is 0 Å². The van der Waals surface area contributed by atoms with Gasteiger partial charge in [0.1, 0.15) is 0 Å². The standard InChI is InChI=1S/C7H8ClNO2S.K.H/c1-6-2-4-7(5-3-6)12(10,11)9-8;;/h2-5,9H,1H3;;/q;+1;-1. The summed E-state index contributed by atoms with van der Waals surface area (Å²) in [7, 11) is -3.50. The summed E-state index contributed by atoms with van der Waals surface area (Å²) in [6.45, 7) is 1.88. The number of sulfonamides is 1. The molecular formula is C7H9ClKNO2S. The average molecular weight is 246 g/mol. The summed E-state index contributed by atoms with van der Waals surface area (Å²) in [5, 5.41) is 0. The monoisotopic (exact) mass is 245 g/mol. The molecule has 0 saturated carbocycles. The molecule has 0 saturated heterocycles. The third-order valence-electron chi connectivity index (χ3n) is 1.43. The van der Waals surface area contributed by atoms with Gasteiger partial charge in [-0.05, 0) is 30.8 Å². The van der Waals surface area contributed by atoms with Gasteiger partial charge in [0.25, 0.3) is 10.0 Å². The SMILES string of the molecule is Cc1ccc(S(=O)(=O)NCl)cc1.[H-].[K+]. The van der Waals surface area contributed by atoms with Crippen LogP contribution in [0.5, 0.6) is 0 Å². The normalized spacial score (nSPS) is 10.6. The van der Waals surface area contributed by atoms with Gasteiger partial charge >= 0.3 is 51.4 Å². The van der Waals surface area contributed by atoms with E-state index in [9.17, 15) is 8.42 Å². The summed E-state index contributed by atoms with van der Waals surface area (Å²) in [6.07, 6.45) is 0. The molecule has 13 heavy (non-hydrogen) atoms. The molecule has 0 aliphatic heterocycles. The summed E-state index contributed by atoms with van der Waals surface area (Å²) in [5.41, 5.74) is 1.00. The minimum absolute atomic E-state index is 0. The Morgan fingerprint density at radius 3 is 2.15 bits per heavy atom. The number of aryl methyl sites for hydroxylation is 1. The number of halogens is 1. The van der Waals surface area contributed by atoms with Gasteiger partial charge in [-0.1, -0.05) is 17.7 Å². The fourth-order valence-corrected chi connectivity index (χ4v) is 1.61. The second-order valence-corrected chi connectivity index (χ2v) is 4.49. The molecule has 0 heterocycles. The Kier molecular flexibility index (Phi) is 6.29. The summed E-state index contributed by atoms with van der Waals surface area (Å²) < 4.78 is 23.9. The molecule has 3 nitrogen and oxygen atoms in total. The molecular weight excluding hydrogens is 237 g/mol. The van der Waals surface area contributed by atoms with Crippen LogP contribution in [-0.2, 0) is 10.0 Å². The predicted molar refractivity (Wildman–Crippen MR) is 48.5 cm³/mol. The van der Waals surface area contributed by atoms with Crippen LogP contribution in [0.4, 0.5) is 0 Å². The second-order valence-electron chi connectivity index (χ2n) is 2.39. The maximum atomic E-state index is 11.1. The van der Waals surface area contributed by atoms with E-state index >= 15 is 0 Å². The summed E-state index contributed by atoms with van der Waals surface area (Å²) in [6, 6.07) is 6.42. The molecule has 0 radical (unpaired) electrons. The van der Waals surface area contributed by atoms with Crippen molar-refractivity contribution in [2.75, 3.05) is 0 Å². The van der Waals surface area contributed by atoms with Crippen molar-refractivity contribution in [1.82, 2.24) is 4.24 Å². The molecule has 0 bridgehead atoms. The van der Waals surface area contributed by atoms with Crippen LogP contribution in [0.15, 0.2) is 29.2 Å². The van der Waals surface area contributed by atoms with Crippen molar-refractivity contribution in [2.45, 2.75) is 11.8 Å². The molecule has 0 aromatic heterocycles. The molecule has 0 aliphatic carbocycles. The molecule has 68 valence electrons. The Balaban J connectivity index is 0. The largest absolute Gasteiger partial charge is 1.00 e. The first-order valence-electron chi connectivity index (χ1n) is 3.25. The Morgan fingerprint density at radius 2 is 1.77 bits per heavy atom. The molecule has 0 spiro atoms. The number of hydrogen-bond acceptors (Lipinski definition) is 2. The molecule has 0 atom stereocenters. The summed E-state index contributed by atoms with van der Waals surface area (Å²) in [5.74, 6) is 0. The van der Waals surface area contributed by atoms with E-state index in [2.05, 4.69) is 0 Å². The van der Waals surface area contributed by atoms with Crippen molar-refractivity contribution in [1.29, 1.82) is 0 Å². The van der Waals surface area contributed by atoms with Crippen LogP contribution in [-0.4, -0.2) is 8.42 Å². The van der Waals surface area contributed by atoms with Gasteiger partial charge in [-0.2, -0.15) is 0 Å². The van der Waals surface area contributed by atoms with Crippen molar-refractivity contribution in [2.24, 2.45) is 0 Å². The van der Waals surface area contributed by atoms with Gasteiger partial charge in [-0.25, -0.2) is 8.42 Å². The zero-order valence-electron chi connectivity index (χ0n) is 8.41. The van der Waals surface area contributed by atoms with Crippen LogP contribution in [0.25, 0.3) is 0 Å². The molecule has 6 heteroatoms. The Labute approximate surface area is 127 Å². The first kappa shape index (κ1) is 14.1. The van der Waals surface area contributed by atoms with E-state index in [1.807, 2.05) is 6.92 Å². The number of benzene rings is 1. The van der Waals surface area contributed by atoms with Crippen LogP contribution < -0.4 is 55.6 Å². The topological polar surface area (TPSA) is 46.2 Å². The number of rotatable bonds is 2. The van der Waals surface area contributed by atoms with Gasteiger partial charge in [0.05, 0.1) is 4.90 Å². The van der Waals surface area contributed by atoms with Crippen molar-refractivity contribution in [3.05, 3.63) is 29.8 Å². The maximum absolute atomic E-state index is 11.1. The van der Waals surface area contributed by atoms with Crippen LogP contribution >= 0.6 is 11.8 Å². The average Bonchev–Trinajstić information content (AvgIpc) is 2.05. The molecule has 0 aliphatic rings. The van der Waals surface area contributed by atoms with Crippen molar-refractivity contribution >= 4 is 21.8 Å². The van der Waals surface area contributed by atoms with Crippen LogP contribution in [0.2, 0.25) is 0 Å². The fraction of sp³-hybridized carbons (Fsp3) is 0.143. The Morgan fingerprint density at radius 1 is 1.31 bits per heavy atom. The van der Waals surface area contributed by atoms with E-state index in [0.29, 0.717) is 0 Å². The second kappa shape index (κ2) is 5.82. The van der Waals surface area contributed by atoms with Crippen molar-refractivity contribution in [3.8, 4) is 0 Å². The van der Waals surface area contributed by atoms with Gasteiger partial charge in [-0.3, -0.25) is 0 Å². The molecule has 1 rings (SSSR count). The molecule has 1 N–H and O–H groups in total. The van der Waals surface area contributed by atoms with E-state index in [4.69, 9.17) is 11.8 Å². The van der Waals surface area contributed by atoms with Crippen LogP contribution in [0.1, 0.15) is 6.99 Å². The zero-order chi connectivity index (χ0) is 9.19. The smallest absolute Gasteiger partial charge is 1.00 e. The third-order valence-corrected chi connectivity index (χ3v) is 3.14. The quantitative estimate of drug-likeness (QED) is 0.512. The molecule has 0 fully saturated rings. The van der Waals surface area contributed by atoms with Gasteiger partial charge in [0, 0.05) is 0 Å². The van der Waals surface area contributed by atoms with Crippen LogP contribution in [0, 0.1) is 6.92 Å². The first-order chi connectivity index (χ1) is 5.56. The van der Waals surface area contributed by atoms with E-state index in [1.165, 1.54) is 12.1 Å². The number of hydrogen-bond donors (Lipinski definition) is 1. The summed E-state index contributed by atoms with van der Waals surface area (Å²) >= 11 is 5.03. The molecule has 1 aromatic rings. The van der Waals surface area contributed by atoms with Crippen LogP contribution in [0.3, 0.4) is 0 Å². The molecule has 0 unspecified atom stereocenters. The summed E-state index contributed by atoms with van der Waals surface area (Å²) in [4.78, 5) is 0.170. The minimum atomic E-state index is -3.50. The molecule has 0 amide bonds. The van der Waals surface area contributed by atoms with Gasteiger partial charge in [-0.15, -0.1) is 4.24 Å².